The molecule has 0 saturated carbocycles. The molecule has 0 fully saturated rings. The summed E-state index contributed by atoms with van der Waals surface area (Å²) in [6.07, 6.45) is 0. The summed E-state index contributed by atoms with van der Waals surface area (Å²) in [4.78, 5) is 13.2. The molecule has 0 radical (unpaired) electrons. The highest BCUT2D eigenvalue weighted by Gasteiger charge is 2.12. The summed E-state index contributed by atoms with van der Waals surface area (Å²) in [6.45, 7) is 2.39. The van der Waals surface area contributed by atoms with Gasteiger partial charge in [0.05, 0.1) is 9.92 Å². The quantitative estimate of drug-likeness (QED) is 0.837. The Balaban J connectivity index is 3.18. The van der Waals surface area contributed by atoms with Crippen LogP contribution in [0.5, 0.6) is 0 Å². The van der Waals surface area contributed by atoms with Crippen LogP contribution in [0, 0.1) is 0 Å². The van der Waals surface area contributed by atoms with E-state index in [0.717, 1.165) is 0 Å². The predicted molar refractivity (Wildman–Crippen MR) is 62.7 cm³/mol. The lowest BCUT2D eigenvalue weighted by Crippen LogP contribution is -2.26. The first-order valence-corrected chi connectivity index (χ1v) is 6.22. The van der Waals surface area contributed by atoms with Crippen molar-refractivity contribution in [2.75, 3.05) is 13.6 Å². The monoisotopic (exact) mass is 261 g/mol. The van der Waals surface area contributed by atoms with Crippen molar-refractivity contribution < 1.29 is 13.2 Å². The number of hydrogen-bond acceptors (Lipinski definition) is 3. The summed E-state index contributed by atoms with van der Waals surface area (Å²) >= 11 is 5.70. The Hall–Kier alpha value is -1.07. The number of thiol groups is 1. The van der Waals surface area contributed by atoms with Gasteiger partial charge in [-0.2, -0.15) is 0 Å². The second-order valence-electron chi connectivity index (χ2n) is 3.24. The summed E-state index contributed by atoms with van der Waals surface area (Å²) in [5, 5.41) is 0.131. The Bertz CT molecular complexity index is 477. The fourth-order valence-corrected chi connectivity index (χ4v) is 1.97. The van der Waals surface area contributed by atoms with Crippen molar-refractivity contribution in [1.82, 2.24) is 4.90 Å². The second-order valence-corrected chi connectivity index (χ2v) is 4.65. The molecule has 0 atom stereocenters. The van der Waals surface area contributed by atoms with Crippen LogP contribution in [0.1, 0.15) is 17.3 Å². The van der Waals surface area contributed by atoms with Crippen LogP contribution < -0.4 is 0 Å². The topological polar surface area (TPSA) is 54.5 Å². The van der Waals surface area contributed by atoms with Crippen LogP contribution >= 0.6 is 11.6 Å². The van der Waals surface area contributed by atoms with Gasteiger partial charge in [0.25, 0.3) is 5.91 Å². The summed E-state index contributed by atoms with van der Waals surface area (Å²) < 4.78 is 21.7. The van der Waals surface area contributed by atoms with Crippen molar-refractivity contribution in [2.24, 2.45) is 0 Å². The first-order chi connectivity index (χ1) is 7.47. The van der Waals surface area contributed by atoms with Gasteiger partial charge in [0.15, 0.2) is 10.7 Å². The minimum absolute atomic E-state index is 0.0213. The maximum Gasteiger partial charge on any atom is 0.253 e. The lowest BCUT2D eigenvalue weighted by molar-refractivity contribution is 0.0802. The first kappa shape index (κ1) is 13.0. The maximum absolute atomic E-state index is 11.7. The molecule has 6 heteroatoms. The van der Waals surface area contributed by atoms with Crippen molar-refractivity contribution >= 4 is 28.2 Å². The second kappa shape index (κ2) is 5.32. The van der Waals surface area contributed by atoms with Crippen LogP contribution in [-0.4, -0.2) is 32.8 Å². The summed E-state index contributed by atoms with van der Waals surface area (Å²) in [7, 11) is -1.14. The van der Waals surface area contributed by atoms with E-state index in [0.29, 0.717) is 12.1 Å². The minimum atomic E-state index is -2.78. The van der Waals surface area contributed by atoms with Crippen LogP contribution in [0.4, 0.5) is 0 Å². The van der Waals surface area contributed by atoms with Crippen molar-refractivity contribution in [3.8, 4) is 0 Å². The number of halogens is 1. The van der Waals surface area contributed by atoms with Crippen LogP contribution in [0.15, 0.2) is 23.1 Å². The molecule has 4 nitrogen and oxygen atoms in total. The molecular formula is C10H12ClNO3S. The molecule has 0 aromatic heterocycles. The zero-order chi connectivity index (χ0) is 12.3. The van der Waals surface area contributed by atoms with E-state index in [-0.39, 0.29) is 15.8 Å². The predicted octanol–water partition coefficient (Wildman–Crippen LogP) is 1.40. The fraction of sp³-hybridized carbons (Fsp3) is 0.300. The normalized spacial score (nSPS) is 10.5. The van der Waals surface area contributed by atoms with Gasteiger partial charge in [-0.25, -0.2) is 8.42 Å². The maximum atomic E-state index is 11.7. The molecule has 0 aliphatic rings. The largest absolute Gasteiger partial charge is 0.342 e. The molecule has 0 aliphatic heterocycles. The number of carbonyl (C=O) groups is 1. The van der Waals surface area contributed by atoms with Gasteiger partial charge >= 0.3 is 0 Å². The van der Waals surface area contributed by atoms with Crippen LogP contribution in [0.2, 0.25) is 5.02 Å². The fourth-order valence-electron chi connectivity index (χ4n) is 1.15. The van der Waals surface area contributed by atoms with E-state index in [2.05, 4.69) is 0 Å². The molecule has 0 unspecified atom stereocenters. The Morgan fingerprint density at radius 1 is 1.44 bits per heavy atom. The van der Waals surface area contributed by atoms with E-state index in [1.807, 2.05) is 6.92 Å². The van der Waals surface area contributed by atoms with Gasteiger partial charge in [-0.05, 0) is 25.1 Å². The molecule has 16 heavy (non-hydrogen) atoms. The van der Waals surface area contributed by atoms with Gasteiger partial charge < -0.3 is 4.90 Å². The molecule has 0 aliphatic carbocycles. The third-order valence-corrected chi connectivity index (χ3v) is 3.44. The number of rotatable bonds is 3. The third-order valence-electron chi connectivity index (χ3n) is 2.21. The van der Waals surface area contributed by atoms with E-state index < -0.39 is 10.7 Å². The number of carbonyl (C=O) groups excluding carboxylic acids is 1. The van der Waals surface area contributed by atoms with Crippen LogP contribution in [0.3, 0.4) is 0 Å². The zero-order valence-corrected chi connectivity index (χ0v) is 10.6. The highest BCUT2D eigenvalue weighted by molar-refractivity contribution is 7.72. The van der Waals surface area contributed by atoms with Gasteiger partial charge in [0.2, 0.25) is 0 Å². The van der Waals surface area contributed by atoms with Crippen LogP contribution in [-0.2, 0) is 10.7 Å². The highest BCUT2D eigenvalue weighted by Crippen LogP contribution is 2.19. The Kier molecular flexibility index (Phi) is 4.32. The molecule has 1 aromatic rings. The molecule has 1 amide bonds. The Morgan fingerprint density at radius 3 is 2.56 bits per heavy atom. The molecule has 88 valence electrons. The zero-order valence-electron chi connectivity index (χ0n) is 8.94. The molecule has 0 spiro atoms. The Labute approximate surface area is 101 Å². The smallest absolute Gasteiger partial charge is 0.253 e. The average Bonchev–Trinajstić information content (AvgIpc) is 2.27. The minimum Gasteiger partial charge on any atom is -0.342 e. The highest BCUT2D eigenvalue weighted by atomic mass is 35.5. The molecule has 1 rings (SSSR count). The van der Waals surface area contributed by atoms with Crippen LogP contribution in [0.25, 0.3) is 0 Å². The molecule has 0 bridgehead atoms. The average molecular weight is 262 g/mol. The van der Waals surface area contributed by atoms with E-state index in [9.17, 15) is 13.2 Å². The molecule has 0 heterocycles. The Morgan fingerprint density at radius 2 is 2.06 bits per heavy atom. The number of benzene rings is 1. The molecule has 0 N–H and O–H groups in total. The summed E-state index contributed by atoms with van der Waals surface area (Å²) in [5.74, 6) is -0.225. The van der Waals surface area contributed by atoms with Gasteiger partial charge in [-0.15, -0.1) is 0 Å². The van der Waals surface area contributed by atoms with Gasteiger partial charge in [-0.3, -0.25) is 4.79 Å². The lowest BCUT2D eigenvalue weighted by Gasteiger charge is -2.14. The summed E-state index contributed by atoms with van der Waals surface area (Å²) in [5.41, 5.74) is 0.322. The molecule has 1 aromatic carbocycles. The van der Waals surface area contributed by atoms with E-state index in [1.54, 1.807) is 7.05 Å². The molecular weight excluding hydrogens is 250 g/mol. The van der Waals surface area contributed by atoms with Crippen molar-refractivity contribution in [3.05, 3.63) is 28.8 Å². The lowest BCUT2D eigenvalue weighted by atomic mass is 10.2. The van der Waals surface area contributed by atoms with Gasteiger partial charge in [-0.1, -0.05) is 11.6 Å². The van der Waals surface area contributed by atoms with E-state index in [4.69, 9.17) is 11.6 Å². The summed E-state index contributed by atoms with van der Waals surface area (Å²) in [6, 6.07) is 4.22. The number of amides is 1. The van der Waals surface area contributed by atoms with E-state index >= 15 is 0 Å². The van der Waals surface area contributed by atoms with Crippen molar-refractivity contribution in [2.45, 2.75) is 11.8 Å². The number of nitrogens with zero attached hydrogens (tertiary/aromatic N) is 1. The third kappa shape index (κ3) is 2.74. The SMILES string of the molecule is CCN(C)C(=O)c1ccc(Cl)c([SH](=O)=O)c1. The number of hydrogen-bond donors (Lipinski definition) is 1. The van der Waals surface area contributed by atoms with Crippen molar-refractivity contribution in [1.29, 1.82) is 0 Å². The standard InChI is InChI=1S/C10H12ClNO3S/c1-3-12(2)10(13)7-4-5-8(11)9(6-7)16(14)15/h4-6,16H,3H2,1-2H3. The molecule has 0 saturated heterocycles. The van der Waals surface area contributed by atoms with Gasteiger partial charge in [0, 0.05) is 19.2 Å². The first-order valence-electron chi connectivity index (χ1n) is 4.66. The van der Waals surface area contributed by atoms with Gasteiger partial charge in [0.1, 0.15) is 0 Å². The van der Waals surface area contributed by atoms with E-state index in [1.165, 1.54) is 23.1 Å². The van der Waals surface area contributed by atoms with Crippen molar-refractivity contribution in [3.63, 3.8) is 0 Å².